The van der Waals surface area contributed by atoms with Gasteiger partial charge in [-0.2, -0.15) is 8.42 Å². The fraction of sp³-hybridized carbons (Fsp3) is 0.600. The van der Waals surface area contributed by atoms with Crippen molar-refractivity contribution < 1.29 is 32.0 Å². The zero-order valence-electron chi connectivity index (χ0n) is 10.6. The largest absolute Gasteiger partial charge is 0.422 e. The van der Waals surface area contributed by atoms with Gasteiger partial charge in [0.25, 0.3) is 15.9 Å². The van der Waals surface area contributed by atoms with E-state index in [1.165, 1.54) is 20.8 Å². The van der Waals surface area contributed by atoms with E-state index in [1.54, 1.807) is 0 Å². The Morgan fingerprint density at radius 3 is 2.06 bits per heavy atom. The van der Waals surface area contributed by atoms with Crippen LogP contribution < -0.4 is 0 Å². The lowest BCUT2D eigenvalue weighted by Gasteiger charge is -2.25. The highest BCUT2D eigenvalue weighted by Crippen LogP contribution is 2.16. The number of rotatable bonds is 5. The first-order valence-corrected chi connectivity index (χ1v) is 6.45. The molecule has 1 unspecified atom stereocenters. The molecule has 1 N–H and O–H groups in total. The maximum Gasteiger partial charge on any atom is 0.336 e. The van der Waals surface area contributed by atoms with Crippen LogP contribution in [0.5, 0.6) is 0 Å². The van der Waals surface area contributed by atoms with Gasteiger partial charge in [-0.1, -0.05) is 6.58 Å². The summed E-state index contributed by atoms with van der Waals surface area (Å²) in [6, 6.07) is 0. The summed E-state index contributed by atoms with van der Waals surface area (Å²) in [4.78, 5) is 22.6. The Hall–Kier alpha value is -1.41. The molecule has 7 nitrogen and oxygen atoms in total. The van der Waals surface area contributed by atoms with Gasteiger partial charge in [0, 0.05) is 19.4 Å². The van der Waals surface area contributed by atoms with Crippen LogP contribution in [0.25, 0.3) is 0 Å². The Morgan fingerprint density at radius 1 is 1.28 bits per heavy atom. The van der Waals surface area contributed by atoms with Gasteiger partial charge in [0.15, 0.2) is 5.25 Å². The van der Waals surface area contributed by atoms with Gasteiger partial charge in [0.05, 0.1) is 0 Å². The van der Waals surface area contributed by atoms with E-state index in [-0.39, 0.29) is 5.57 Å². The van der Waals surface area contributed by atoms with Gasteiger partial charge < -0.3 is 9.47 Å². The fourth-order valence-corrected chi connectivity index (χ4v) is 1.07. The van der Waals surface area contributed by atoms with E-state index in [2.05, 4.69) is 11.3 Å². The normalized spacial score (nSPS) is 13.6. The van der Waals surface area contributed by atoms with Crippen molar-refractivity contribution in [2.24, 2.45) is 0 Å². The van der Waals surface area contributed by atoms with E-state index < -0.39 is 33.1 Å². The second-order valence-electron chi connectivity index (χ2n) is 4.15. The highest BCUT2D eigenvalue weighted by molar-refractivity contribution is 7.87. The van der Waals surface area contributed by atoms with Crippen molar-refractivity contribution >= 4 is 22.1 Å². The Balaban J connectivity index is 4.74. The molecule has 0 saturated heterocycles. The molecule has 1 atom stereocenters. The average molecular weight is 280 g/mol. The first-order chi connectivity index (χ1) is 7.87. The van der Waals surface area contributed by atoms with Crippen molar-refractivity contribution in [2.75, 3.05) is 0 Å². The van der Waals surface area contributed by atoms with Crippen LogP contribution in [0, 0.1) is 0 Å². The zero-order chi connectivity index (χ0) is 14.7. The summed E-state index contributed by atoms with van der Waals surface area (Å²) in [6.07, 6.45) is 0. The Bertz CT molecular complexity index is 461. The number of hydrogen-bond donors (Lipinski definition) is 1. The van der Waals surface area contributed by atoms with Crippen molar-refractivity contribution in [2.45, 2.75) is 38.7 Å². The third-order valence-corrected chi connectivity index (χ3v) is 2.90. The number of ether oxygens (including phenoxy) is 2. The minimum atomic E-state index is -4.55. The Labute approximate surface area is 106 Å². The number of carbonyl (C=O) groups excluding carboxylic acids is 2. The molecule has 0 aliphatic rings. The summed E-state index contributed by atoms with van der Waals surface area (Å²) >= 11 is 0. The summed E-state index contributed by atoms with van der Waals surface area (Å²) in [5.74, 6) is -3.67. The van der Waals surface area contributed by atoms with Crippen LogP contribution in [0.2, 0.25) is 0 Å². The van der Waals surface area contributed by atoms with E-state index in [1.807, 2.05) is 0 Å². The fourth-order valence-electron chi connectivity index (χ4n) is 0.778. The quantitative estimate of drug-likeness (QED) is 0.341. The van der Waals surface area contributed by atoms with Crippen molar-refractivity contribution in [3.63, 3.8) is 0 Å². The van der Waals surface area contributed by atoms with Gasteiger partial charge in [-0.3, -0.25) is 9.35 Å². The van der Waals surface area contributed by atoms with Gasteiger partial charge in [0.1, 0.15) is 0 Å². The number of esters is 2. The van der Waals surface area contributed by atoms with Crippen LogP contribution in [-0.2, 0) is 29.2 Å². The molecule has 0 saturated carbocycles. The molecule has 0 aromatic rings. The lowest BCUT2D eigenvalue weighted by molar-refractivity contribution is -0.213. The van der Waals surface area contributed by atoms with Gasteiger partial charge in [-0.15, -0.1) is 0 Å². The monoisotopic (exact) mass is 280 g/mol. The third-order valence-electron chi connectivity index (χ3n) is 1.81. The minimum Gasteiger partial charge on any atom is -0.422 e. The minimum absolute atomic E-state index is 0.0990. The molecule has 0 aliphatic heterocycles. The van der Waals surface area contributed by atoms with Crippen molar-refractivity contribution in [3.8, 4) is 0 Å². The Kier molecular flexibility index (Phi) is 5.06. The first kappa shape index (κ1) is 16.6. The van der Waals surface area contributed by atoms with Crippen LogP contribution in [-0.4, -0.2) is 35.9 Å². The molecular formula is C10H16O7S. The van der Waals surface area contributed by atoms with Gasteiger partial charge in [-0.25, -0.2) is 4.79 Å². The molecule has 0 aliphatic carbocycles. The van der Waals surface area contributed by atoms with Crippen molar-refractivity contribution in [1.29, 1.82) is 0 Å². The molecule has 8 heteroatoms. The van der Waals surface area contributed by atoms with Gasteiger partial charge >= 0.3 is 11.9 Å². The van der Waals surface area contributed by atoms with Gasteiger partial charge in [0.2, 0.25) is 0 Å². The summed E-state index contributed by atoms with van der Waals surface area (Å²) in [6.45, 7) is 8.20. The average Bonchev–Trinajstić information content (AvgIpc) is 2.13. The predicted octanol–water partition coefficient (Wildman–Crippen LogP) is 0.661. The van der Waals surface area contributed by atoms with Crippen molar-refractivity contribution in [1.82, 2.24) is 0 Å². The molecular weight excluding hydrogens is 264 g/mol. The van der Waals surface area contributed by atoms with E-state index in [9.17, 15) is 18.0 Å². The summed E-state index contributed by atoms with van der Waals surface area (Å²) in [5, 5.41) is -1.76. The molecule has 0 aromatic carbocycles. The molecule has 0 bridgehead atoms. The van der Waals surface area contributed by atoms with E-state index in [0.29, 0.717) is 0 Å². The molecule has 0 rings (SSSR count). The summed E-state index contributed by atoms with van der Waals surface area (Å²) in [7, 11) is -4.55. The van der Waals surface area contributed by atoms with Crippen LogP contribution in [0.4, 0.5) is 0 Å². The van der Waals surface area contributed by atoms with Gasteiger partial charge in [-0.05, 0) is 13.8 Å². The highest BCUT2D eigenvalue weighted by atomic mass is 32.2. The smallest absolute Gasteiger partial charge is 0.336 e. The predicted molar refractivity (Wildman–Crippen MR) is 62.1 cm³/mol. The van der Waals surface area contributed by atoms with E-state index in [4.69, 9.17) is 9.29 Å². The number of hydrogen-bond acceptors (Lipinski definition) is 6. The first-order valence-electron chi connectivity index (χ1n) is 4.95. The van der Waals surface area contributed by atoms with Crippen LogP contribution in [0.1, 0.15) is 27.7 Å². The maximum atomic E-state index is 11.4. The molecule has 104 valence electrons. The maximum absolute atomic E-state index is 11.4. The van der Waals surface area contributed by atoms with E-state index >= 15 is 0 Å². The molecule has 0 heterocycles. The lowest BCUT2D eigenvalue weighted by atomic mass is 10.3. The third kappa shape index (κ3) is 5.28. The van der Waals surface area contributed by atoms with Crippen molar-refractivity contribution in [3.05, 3.63) is 12.2 Å². The molecule has 18 heavy (non-hydrogen) atoms. The van der Waals surface area contributed by atoms with Crippen LogP contribution >= 0.6 is 0 Å². The lowest BCUT2D eigenvalue weighted by Crippen LogP contribution is -2.39. The summed E-state index contributed by atoms with van der Waals surface area (Å²) in [5.41, 5.74) is 0.0990. The zero-order valence-corrected chi connectivity index (χ0v) is 11.4. The SMILES string of the molecule is C=C(C)C(=O)OC(C)(C)OC(=O)C(C)S(=O)(=O)O. The topological polar surface area (TPSA) is 107 Å². The van der Waals surface area contributed by atoms with Crippen LogP contribution in [0.3, 0.4) is 0 Å². The second kappa shape index (κ2) is 5.49. The molecule has 0 amide bonds. The molecule has 0 aromatic heterocycles. The van der Waals surface area contributed by atoms with Crippen LogP contribution in [0.15, 0.2) is 12.2 Å². The highest BCUT2D eigenvalue weighted by Gasteiger charge is 2.34. The second-order valence-corrected chi connectivity index (χ2v) is 5.89. The number of carbonyl (C=O) groups is 2. The molecule has 0 radical (unpaired) electrons. The molecule has 0 fully saturated rings. The van der Waals surface area contributed by atoms with E-state index in [0.717, 1.165) is 6.92 Å². The standard InChI is InChI=1S/C10H16O7S/c1-6(2)8(11)16-10(4,5)17-9(12)7(3)18(13,14)15/h7H,1H2,2-5H3,(H,13,14,15). The Morgan fingerprint density at radius 2 is 1.72 bits per heavy atom. The molecule has 0 spiro atoms. The summed E-state index contributed by atoms with van der Waals surface area (Å²) < 4.78 is 39.6.